The normalized spacial score (nSPS) is 24.4. The second-order valence-corrected chi connectivity index (χ2v) is 3.02. The van der Waals surface area contributed by atoms with E-state index in [1.165, 1.54) is 0 Å². The van der Waals surface area contributed by atoms with E-state index in [1.54, 1.807) is 19.3 Å². The van der Waals surface area contributed by atoms with Crippen LogP contribution in [0.4, 0.5) is 0 Å². The van der Waals surface area contributed by atoms with E-state index in [1.807, 2.05) is 12.1 Å². The summed E-state index contributed by atoms with van der Waals surface area (Å²) in [6.45, 7) is 2.16. The van der Waals surface area contributed by atoms with E-state index in [0.717, 1.165) is 5.56 Å². The molecular formula is C10H11NO3. The molecule has 0 spiro atoms. The van der Waals surface area contributed by atoms with Crippen molar-refractivity contribution < 1.29 is 14.3 Å². The number of hydrogen-bond acceptors (Lipinski definition) is 4. The molecule has 0 radical (unpaired) electrons. The molecule has 1 aromatic heterocycles. The number of esters is 1. The Bertz CT molecular complexity index is 325. The molecule has 4 nitrogen and oxygen atoms in total. The average Bonchev–Trinajstić information content (AvgIpc) is 2.99. The molecule has 1 aliphatic heterocycles. The Kier molecular flexibility index (Phi) is 2.45. The molecule has 1 saturated heterocycles. The lowest BCUT2D eigenvalue weighted by Crippen LogP contribution is -2.11. The second-order valence-electron chi connectivity index (χ2n) is 3.02. The molecule has 0 saturated carbocycles. The molecule has 0 amide bonds. The summed E-state index contributed by atoms with van der Waals surface area (Å²) in [6, 6.07) is 3.70. The van der Waals surface area contributed by atoms with Crippen LogP contribution < -0.4 is 0 Å². The lowest BCUT2D eigenvalue weighted by Gasteiger charge is -1.96. The summed E-state index contributed by atoms with van der Waals surface area (Å²) in [4.78, 5) is 15.2. The van der Waals surface area contributed by atoms with Crippen molar-refractivity contribution in [1.29, 1.82) is 0 Å². The van der Waals surface area contributed by atoms with Crippen LogP contribution >= 0.6 is 0 Å². The number of pyridine rings is 1. The second kappa shape index (κ2) is 3.75. The van der Waals surface area contributed by atoms with Crippen LogP contribution in [0.1, 0.15) is 18.6 Å². The maximum Gasteiger partial charge on any atom is 0.338 e. The highest BCUT2D eigenvalue weighted by Gasteiger charge is 2.47. The first kappa shape index (κ1) is 9.15. The Labute approximate surface area is 81.9 Å². The van der Waals surface area contributed by atoms with Crippen LogP contribution in [0.3, 0.4) is 0 Å². The van der Waals surface area contributed by atoms with Crippen LogP contribution in [0, 0.1) is 0 Å². The minimum atomic E-state index is -0.431. The average molecular weight is 193 g/mol. The van der Waals surface area contributed by atoms with Gasteiger partial charge in [-0.1, -0.05) is 6.07 Å². The fraction of sp³-hybridized carbons (Fsp3) is 0.400. The highest BCUT2D eigenvalue weighted by Crippen LogP contribution is 2.38. The SMILES string of the molecule is CCOC(=O)[C@@H]1O[C@@H]1c1cccnc1. The molecule has 2 rings (SSSR count). The topological polar surface area (TPSA) is 51.7 Å². The van der Waals surface area contributed by atoms with E-state index in [2.05, 4.69) is 4.98 Å². The Morgan fingerprint density at radius 3 is 3.21 bits per heavy atom. The van der Waals surface area contributed by atoms with Crippen LogP contribution in [0.5, 0.6) is 0 Å². The molecule has 4 heteroatoms. The summed E-state index contributed by atoms with van der Waals surface area (Å²) < 4.78 is 10.0. The third-order valence-corrected chi connectivity index (χ3v) is 2.02. The molecule has 0 N–H and O–H groups in total. The maximum atomic E-state index is 11.2. The van der Waals surface area contributed by atoms with Gasteiger partial charge in [0.15, 0.2) is 6.10 Å². The Hall–Kier alpha value is -1.42. The predicted molar refractivity (Wildman–Crippen MR) is 48.5 cm³/mol. The molecular weight excluding hydrogens is 182 g/mol. The quantitative estimate of drug-likeness (QED) is 0.532. The van der Waals surface area contributed by atoms with E-state index in [4.69, 9.17) is 9.47 Å². The predicted octanol–water partition coefficient (Wildman–Crippen LogP) is 1.08. The number of carbonyl (C=O) groups is 1. The lowest BCUT2D eigenvalue weighted by molar-refractivity contribution is -0.144. The number of epoxide rings is 1. The molecule has 1 fully saturated rings. The zero-order chi connectivity index (χ0) is 9.97. The van der Waals surface area contributed by atoms with E-state index in [9.17, 15) is 4.79 Å². The van der Waals surface area contributed by atoms with Gasteiger partial charge in [0.2, 0.25) is 0 Å². The largest absolute Gasteiger partial charge is 0.464 e. The first-order valence-corrected chi connectivity index (χ1v) is 4.55. The van der Waals surface area contributed by atoms with Crippen molar-refractivity contribution in [1.82, 2.24) is 4.98 Å². The van der Waals surface area contributed by atoms with Gasteiger partial charge >= 0.3 is 5.97 Å². The van der Waals surface area contributed by atoms with Gasteiger partial charge in [0, 0.05) is 18.0 Å². The van der Waals surface area contributed by atoms with Crippen molar-refractivity contribution in [2.24, 2.45) is 0 Å². The molecule has 0 aliphatic carbocycles. The van der Waals surface area contributed by atoms with Gasteiger partial charge in [-0.25, -0.2) is 4.79 Å². The number of aromatic nitrogens is 1. The number of ether oxygens (including phenoxy) is 2. The highest BCUT2D eigenvalue weighted by molar-refractivity contribution is 5.78. The monoisotopic (exact) mass is 193 g/mol. The first-order valence-electron chi connectivity index (χ1n) is 4.55. The zero-order valence-corrected chi connectivity index (χ0v) is 7.84. The summed E-state index contributed by atoms with van der Waals surface area (Å²) in [7, 11) is 0. The molecule has 1 aromatic rings. The van der Waals surface area contributed by atoms with Crippen molar-refractivity contribution in [3.63, 3.8) is 0 Å². The summed E-state index contributed by atoms with van der Waals surface area (Å²) in [5.41, 5.74) is 0.922. The minimum absolute atomic E-state index is 0.164. The van der Waals surface area contributed by atoms with E-state index >= 15 is 0 Å². The number of carbonyl (C=O) groups excluding carboxylic acids is 1. The standard InChI is InChI=1S/C10H11NO3/c1-2-13-10(12)9-8(14-9)7-4-3-5-11-6-7/h3-6,8-9H,2H2,1H3/t8-,9-/m1/s1. The molecule has 0 bridgehead atoms. The van der Waals surface area contributed by atoms with Crippen molar-refractivity contribution in [2.75, 3.05) is 6.61 Å². The maximum absolute atomic E-state index is 11.2. The van der Waals surface area contributed by atoms with Crippen LogP contribution in [-0.2, 0) is 14.3 Å². The molecule has 0 aromatic carbocycles. The number of rotatable bonds is 3. The third-order valence-electron chi connectivity index (χ3n) is 2.02. The highest BCUT2D eigenvalue weighted by atomic mass is 16.6. The van der Waals surface area contributed by atoms with Gasteiger partial charge in [-0.15, -0.1) is 0 Å². The molecule has 0 unspecified atom stereocenters. The zero-order valence-electron chi connectivity index (χ0n) is 7.84. The number of hydrogen-bond donors (Lipinski definition) is 0. The molecule has 14 heavy (non-hydrogen) atoms. The minimum Gasteiger partial charge on any atom is -0.464 e. The van der Waals surface area contributed by atoms with Gasteiger partial charge in [0.05, 0.1) is 6.61 Å². The van der Waals surface area contributed by atoms with Crippen LogP contribution in [-0.4, -0.2) is 23.7 Å². The summed E-state index contributed by atoms with van der Waals surface area (Å²) in [6.07, 6.45) is 2.79. The van der Waals surface area contributed by atoms with Crippen LogP contribution in [0.2, 0.25) is 0 Å². The van der Waals surface area contributed by atoms with Crippen molar-refractivity contribution in [3.05, 3.63) is 30.1 Å². The fourth-order valence-corrected chi connectivity index (χ4v) is 1.31. The molecule has 74 valence electrons. The van der Waals surface area contributed by atoms with Gasteiger partial charge < -0.3 is 9.47 Å². The third kappa shape index (κ3) is 1.75. The Balaban J connectivity index is 1.96. The van der Waals surface area contributed by atoms with Gasteiger partial charge in [0.1, 0.15) is 6.10 Å². The lowest BCUT2D eigenvalue weighted by atomic mass is 10.2. The van der Waals surface area contributed by atoms with Gasteiger partial charge in [-0.3, -0.25) is 4.98 Å². The van der Waals surface area contributed by atoms with E-state index < -0.39 is 6.10 Å². The molecule has 2 atom stereocenters. The van der Waals surface area contributed by atoms with Crippen LogP contribution in [0.15, 0.2) is 24.5 Å². The summed E-state index contributed by atoms with van der Waals surface area (Å²) in [5.74, 6) is -0.290. The van der Waals surface area contributed by atoms with Gasteiger partial charge in [0.25, 0.3) is 0 Å². The Morgan fingerprint density at radius 2 is 2.57 bits per heavy atom. The van der Waals surface area contributed by atoms with Crippen LogP contribution in [0.25, 0.3) is 0 Å². The first-order chi connectivity index (χ1) is 6.83. The van der Waals surface area contributed by atoms with Crippen molar-refractivity contribution >= 4 is 5.97 Å². The number of nitrogens with zero attached hydrogens (tertiary/aromatic N) is 1. The molecule has 2 heterocycles. The fourth-order valence-electron chi connectivity index (χ4n) is 1.31. The van der Waals surface area contributed by atoms with Gasteiger partial charge in [-0.2, -0.15) is 0 Å². The van der Waals surface area contributed by atoms with Crippen molar-refractivity contribution in [3.8, 4) is 0 Å². The smallest absolute Gasteiger partial charge is 0.338 e. The summed E-state index contributed by atoms with van der Waals surface area (Å²) in [5, 5.41) is 0. The summed E-state index contributed by atoms with van der Waals surface area (Å²) >= 11 is 0. The van der Waals surface area contributed by atoms with Crippen molar-refractivity contribution in [2.45, 2.75) is 19.1 Å². The van der Waals surface area contributed by atoms with E-state index in [0.29, 0.717) is 6.61 Å². The van der Waals surface area contributed by atoms with E-state index in [-0.39, 0.29) is 12.1 Å². The van der Waals surface area contributed by atoms with Gasteiger partial charge in [-0.05, 0) is 13.0 Å². The molecule has 1 aliphatic rings. The Morgan fingerprint density at radius 1 is 1.71 bits per heavy atom.